The highest BCUT2D eigenvalue weighted by molar-refractivity contribution is 7.14. The fraction of sp³-hybridized carbons (Fsp3) is 0. The summed E-state index contributed by atoms with van der Waals surface area (Å²) in [6.45, 7) is 0. The van der Waals surface area contributed by atoms with Crippen LogP contribution in [-0.2, 0) is 0 Å². The lowest BCUT2D eigenvalue weighted by atomic mass is 10.1. The summed E-state index contributed by atoms with van der Waals surface area (Å²) in [5, 5.41) is 11.5. The lowest BCUT2D eigenvalue weighted by Gasteiger charge is -1.98. The zero-order valence-corrected chi connectivity index (χ0v) is 11.1. The van der Waals surface area contributed by atoms with E-state index in [1.807, 2.05) is 29.6 Å². The van der Waals surface area contributed by atoms with Gasteiger partial charge in [-0.25, -0.2) is 4.98 Å². The number of carbonyl (C=O) groups excluding carboxylic acids is 1. The number of anilines is 2. The van der Waals surface area contributed by atoms with Gasteiger partial charge in [0, 0.05) is 22.8 Å². The highest BCUT2D eigenvalue weighted by Crippen LogP contribution is 2.25. The van der Waals surface area contributed by atoms with Crippen LogP contribution in [0.1, 0.15) is 10.4 Å². The SMILES string of the molecule is Nc1ccc(-c2csc(NC(=O)c3cn[nH]c3)n2)cc1. The molecule has 1 amide bonds. The Bertz CT molecular complexity index is 718. The Balaban J connectivity index is 1.77. The van der Waals surface area contributed by atoms with Gasteiger partial charge in [-0.3, -0.25) is 15.2 Å². The molecule has 0 saturated carbocycles. The van der Waals surface area contributed by atoms with E-state index in [4.69, 9.17) is 5.73 Å². The molecule has 0 atom stereocenters. The van der Waals surface area contributed by atoms with Gasteiger partial charge >= 0.3 is 0 Å². The first kappa shape index (κ1) is 12.4. The van der Waals surface area contributed by atoms with Gasteiger partial charge in [-0.2, -0.15) is 5.10 Å². The van der Waals surface area contributed by atoms with Crippen LogP contribution < -0.4 is 11.1 Å². The van der Waals surface area contributed by atoms with Crippen LogP contribution in [0.25, 0.3) is 11.3 Å². The topological polar surface area (TPSA) is 96.7 Å². The monoisotopic (exact) mass is 285 g/mol. The molecule has 0 bridgehead atoms. The normalized spacial score (nSPS) is 10.4. The van der Waals surface area contributed by atoms with Gasteiger partial charge in [0.15, 0.2) is 5.13 Å². The summed E-state index contributed by atoms with van der Waals surface area (Å²) in [7, 11) is 0. The molecule has 100 valence electrons. The predicted octanol–water partition coefficient (Wildman–Crippen LogP) is 2.37. The number of nitrogens with one attached hydrogen (secondary N) is 2. The smallest absolute Gasteiger partial charge is 0.260 e. The van der Waals surface area contributed by atoms with E-state index in [0.717, 1.165) is 11.3 Å². The van der Waals surface area contributed by atoms with E-state index in [1.165, 1.54) is 23.7 Å². The van der Waals surface area contributed by atoms with Crippen molar-refractivity contribution in [2.75, 3.05) is 11.1 Å². The second-order valence-corrected chi connectivity index (χ2v) is 4.96. The number of thiazole rings is 1. The number of aromatic nitrogens is 3. The molecule has 1 aromatic carbocycles. The molecule has 0 unspecified atom stereocenters. The minimum Gasteiger partial charge on any atom is -0.399 e. The van der Waals surface area contributed by atoms with E-state index in [-0.39, 0.29) is 5.91 Å². The molecule has 0 radical (unpaired) electrons. The van der Waals surface area contributed by atoms with Gasteiger partial charge < -0.3 is 5.73 Å². The number of rotatable bonds is 3. The number of H-pyrrole nitrogens is 1. The fourth-order valence-corrected chi connectivity index (χ4v) is 2.38. The van der Waals surface area contributed by atoms with E-state index in [2.05, 4.69) is 20.5 Å². The minimum absolute atomic E-state index is 0.239. The van der Waals surface area contributed by atoms with Crippen LogP contribution in [0.2, 0.25) is 0 Å². The maximum absolute atomic E-state index is 11.8. The van der Waals surface area contributed by atoms with E-state index < -0.39 is 0 Å². The summed E-state index contributed by atoms with van der Waals surface area (Å²) in [6, 6.07) is 7.43. The first-order chi connectivity index (χ1) is 9.72. The van der Waals surface area contributed by atoms with Gasteiger partial charge in [-0.05, 0) is 12.1 Å². The van der Waals surface area contributed by atoms with Crippen molar-refractivity contribution in [2.45, 2.75) is 0 Å². The van der Waals surface area contributed by atoms with Gasteiger partial charge in [0.25, 0.3) is 5.91 Å². The molecule has 3 rings (SSSR count). The summed E-state index contributed by atoms with van der Waals surface area (Å²) < 4.78 is 0. The standard InChI is InChI=1S/C13H11N5OS/c14-10-3-1-8(2-4-10)11-7-20-13(17-11)18-12(19)9-5-15-16-6-9/h1-7H,14H2,(H,15,16)(H,17,18,19). The van der Waals surface area contributed by atoms with Gasteiger partial charge in [0.2, 0.25) is 0 Å². The highest BCUT2D eigenvalue weighted by Gasteiger charge is 2.10. The van der Waals surface area contributed by atoms with Gasteiger partial charge in [0.05, 0.1) is 17.5 Å². The Morgan fingerprint density at radius 3 is 2.80 bits per heavy atom. The molecule has 0 spiro atoms. The number of carbonyl (C=O) groups is 1. The summed E-state index contributed by atoms with van der Waals surface area (Å²) in [4.78, 5) is 16.2. The number of benzene rings is 1. The second-order valence-electron chi connectivity index (χ2n) is 4.10. The lowest BCUT2D eigenvalue weighted by Crippen LogP contribution is -2.10. The summed E-state index contributed by atoms with van der Waals surface area (Å²) in [5.74, 6) is -0.239. The van der Waals surface area contributed by atoms with Crippen molar-refractivity contribution in [3.8, 4) is 11.3 Å². The Labute approximate surface area is 118 Å². The largest absolute Gasteiger partial charge is 0.399 e. The third kappa shape index (κ3) is 2.52. The first-order valence-electron chi connectivity index (χ1n) is 5.84. The maximum atomic E-state index is 11.8. The van der Waals surface area contributed by atoms with Crippen molar-refractivity contribution in [3.63, 3.8) is 0 Å². The maximum Gasteiger partial charge on any atom is 0.260 e. The van der Waals surface area contributed by atoms with Crippen molar-refractivity contribution < 1.29 is 4.79 Å². The van der Waals surface area contributed by atoms with Gasteiger partial charge in [-0.15, -0.1) is 11.3 Å². The van der Waals surface area contributed by atoms with E-state index in [0.29, 0.717) is 16.4 Å². The summed E-state index contributed by atoms with van der Waals surface area (Å²) in [5.41, 5.74) is 8.58. The van der Waals surface area contributed by atoms with Crippen molar-refractivity contribution in [1.29, 1.82) is 0 Å². The molecule has 3 aromatic rings. The van der Waals surface area contributed by atoms with Crippen LogP contribution in [0, 0.1) is 0 Å². The Kier molecular flexibility index (Phi) is 3.18. The highest BCUT2D eigenvalue weighted by atomic mass is 32.1. The van der Waals surface area contributed by atoms with E-state index >= 15 is 0 Å². The third-order valence-corrected chi connectivity index (χ3v) is 3.45. The number of amides is 1. The Morgan fingerprint density at radius 1 is 1.30 bits per heavy atom. The van der Waals surface area contributed by atoms with Crippen LogP contribution in [0.4, 0.5) is 10.8 Å². The summed E-state index contributed by atoms with van der Waals surface area (Å²) in [6.07, 6.45) is 2.99. The molecule has 6 nitrogen and oxygen atoms in total. The van der Waals surface area contributed by atoms with Crippen LogP contribution >= 0.6 is 11.3 Å². The lowest BCUT2D eigenvalue weighted by molar-refractivity contribution is 0.102. The van der Waals surface area contributed by atoms with Crippen LogP contribution in [0.5, 0.6) is 0 Å². The Hall–Kier alpha value is -2.67. The minimum atomic E-state index is -0.239. The molecule has 2 heterocycles. The van der Waals surface area contributed by atoms with Crippen molar-refractivity contribution in [2.24, 2.45) is 0 Å². The van der Waals surface area contributed by atoms with Crippen molar-refractivity contribution >= 4 is 28.1 Å². The molecule has 0 fully saturated rings. The van der Waals surface area contributed by atoms with E-state index in [9.17, 15) is 4.79 Å². The first-order valence-corrected chi connectivity index (χ1v) is 6.72. The molecule has 7 heteroatoms. The predicted molar refractivity (Wildman–Crippen MR) is 78.5 cm³/mol. The number of aromatic amines is 1. The molecule has 2 aromatic heterocycles. The van der Waals surface area contributed by atoms with Gasteiger partial charge in [-0.1, -0.05) is 12.1 Å². The molecule has 0 aliphatic carbocycles. The number of nitrogens with zero attached hydrogens (tertiary/aromatic N) is 2. The number of hydrogen-bond donors (Lipinski definition) is 3. The van der Waals surface area contributed by atoms with Crippen molar-refractivity contribution in [1.82, 2.24) is 15.2 Å². The van der Waals surface area contributed by atoms with Gasteiger partial charge in [0.1, 0.15) is 0 Å². The average molecular weight is 285 g/mol. The van der Waals surface area contributed by atoms with Crippen LogP contribution in [0.15, 0.2) is 42.0 Å². The average Bonchev–Trinajstić information content (AvgIpc) is 3.10. The second kappa shape index (κ2) is 5.14. The molecular formula is C13H11N5OS. The molecule has 0 aliphatic heterocycles. The third-order valence-electron chi connectivity index (χ3n) is 2.69. The number of nitrogen functional groups attached to an aromatic ring is 1. The van der Waals surface area contributed by atoms with Crippen LogP contribution in [0.3, 0.4) is 0 Å². The zero-order valence-electron chi connectivity index (χ0n) is 10.3. The molecular weight excluding hydrogens is 274 g/mol. The zero-order chi connectivity index (χ0) is 13.9. The number of nitrogens with two attached hydrogens (primary N) is 1. The van der Waals surface area contributed by atoms with E-state index in [1.54, 1.807) is 0 Å². The quantitative estimate of drug-likeness (QED) is 0.643. The fourth-order valence-electron chi connectivity index (χ4n) is 1.66. The molecule has 20 heavy (non-hydrogen) atoms. The molecule has 0 aliphatic rings. The number of hydrogen-bond acceptors (Lipinski definition) is 5. The van der Waals surface area contributed by atoms with Crippen molar-refractivity contribution in [3.05, 3.63) is 47.6 Å². The van der Waals surface area contributed by atoms with Crippen LogP contribution in [-0.4, -0.2) is 21.1 Å². The Morgan fingerprint density at radius 2 is 2.10 bits per heavy atom. The summed E-state index contributed by atoms with van der Waals surface area (Å²) >= 11 is 1.37. The molecule has 4 N–H and O–H groups in total. The molecule has 0 saturated heterocycles.